The second-order valence-electron chi connectivity index (χ2n) is 7.83. The molecule has 1 spiro atoms. The fraction of sp³-hybridized carbons (Fsp3) is 0.500. The molecular formula is C22H28N4O4. The van der Waals surface area contributed by atoms with E-state index in [9.17, 15) is 9.59 Å². The Morgan fingerprint density at radius 3 is 2.90 bits per heavy atom. The van der Waals surface area contributed by atoms with E-state index in [1.807, 2.05) is 18.2 Å². The largest absolute Gasteiger partial charge is 0.491 e. The van der Waals surface area contributed by atoms with Crippen LogP contribution in [0.1, 0.15) is 35.3 Å². The van der Waals surface area contributed by atoms with Gasteiger partial charge in [-0.15, -0.1) is 0 Å². The minimum atomic E-state index is -1.04. The van der Waals surface area contributed by atoms with Gasteiger partial charge in [-0.25, -0.2) is 0 Å². The van der Waals surface area contributed by atoms with Crippen LogP contribution in [0.4, 0.5) is 0 Å². The van der Waals surface area contributed by atoms with Crippen molar-refractivity contribution >= 4 is 11.8 Å². The Morgan fingerprint density at radius 1 is 1.20 bits per heavy atom. The molecule has 1 unspecified atom stereocenters. The number of hydrogen-bond donors (Lipinski definition) is 1. The number of carbonyl (C=O) groups is 2. The van der Waals surface area contributed by atoms with Crippen LogP contribution in [-0.2, 0) is 23.0 Å². The zero-order valence-corrected chi connectivity index (χ0v) is 17.3. The van der Waals surface area contributed by atoms with Gasteiger partial charge in [-0.3, -0.25) is 14.3 Å². The highest BCUT2D eigenvalue weighted by molar-refractivity contribution is 5.94. The molecule has 1 atom stereocenters. The lowest BCUT2D eigenvalue weighted by Gasteiger charge is -2.41. The molecule has 2 amide bonds. The quantitative estimate of drug-likeness (QED) is 0.768. The molecule has 0 saturated carbocycles. The topological polar surface area (TPSA) is 85.7 Å². The number of hydrogen-bond acceptors (Lipinski definition) is 5. The molecule has 0 aliphatic carbocycles. The Morgan fingerprint density at radius 2 is 2.07 bits per heavy atom. The summed E-state index contributed by atoms with van der Waals surface area (Å²) in [5.74, 6) is 0.570. The first-order valence-corrected chi connectivity index (χ1v) is 10.5. The molecule has 8 nitrogen and oxygen atoms in total. The van der Waals surface area contributed by atoms with Crippen molar-refractivity contribution in [2.75, 3.05) is 32.8 Å². The summed E-state index contributed by atoms with van der Waals surface area (Å²) in [5, 5.41) is 7.04. The zero-order chi connectivity index (χ0) is 21.0. The van der Waals surface area contributed by atoms with E-state index in [1.54, 1.807) is 28.9 Å². The molecule has 1 saturated heterocycles. The number of nitrogens with zero attached hydrogens (tertiary/aromatic N) is 3. The molecule has 8 heteroatoms. The Hall–Kier alpha value is -2.87. The maximum absolute atomic E-state index is 13.1. The van der Waals surface area contributed by atoms with Gasteiger partial charge < -0.3 is 19.7 Å². The molecule has 3 heterocycles. The predicted octanol–water partition coefficient (Wildman–Crippen LogP) is 1.55. The summed E-state index contributed by atoms with van der Waals surface area (Å²) < 4.78 is 13.5. The third-order valence-electron chi connectivity index (χ3n) is 5.82. The van der Waals surface area contributed by atoms with Gasteiger partial charge in [0.25, 0.3) is 11.8 Å². The number of aromatic nitrogens is 2. The smallest absolute Gasteiger partial charge is 0.272 e. The molecule has 0 radical (unpaired) electrons. The number of benzene rings is 1. The third kappa shape index (κ3) is 4.18. The van der Waals surface area contributed by atoms with Crippen molar-refractivity contribution in [3.05, 3.63) is 47.8 Å². The second kappa shape index (κ2) is 8.87. The standard InChI is InChI=1S/C22H28N4O4/c1-25-18(9-11-24-25)20(27)26-13-15-30-22(16-26)10-5-4-7-17-6-2-3-8-19(17)29-14-12-23-21(22)28/h2-3,6,8-9,11H,4-5,7,10,12-16H2,1H3,(H,23,28). The highest BCUT2D eigenvalue weighted by Gasteiger charge is 2.44. The summed E-state index contributed by atoms with van der Waals surface area (Å²) in [5.41, 5.74) is 0.646. The summed E-state index contributed by atoms with van der Waals surface area (Å²) in [4.78, 5) is 27.8. The maximum Gasteiger partial charge on any atom is 0.272 e. The lowest BCUT2D eigenvalue weighted by Crippen LogP contribution is -2.61. The SMILES string of the molecule is Cn1nccc1C(=O)N1CCOC2(CCCCc3ccccc3OCCNC2=O)C1. The van der Waals surface area contributed by atoms with Gasteiger partial charge in [-0.05, 0) is 43.4 Å². The van der Waals surface area contributed by atoms with E-state index >= 15 is 0 Å². The molecule has 1 N–H and O–H groups in total. The molecule has 2 aromatic rings. The molecule has 30 heavy (non-hydrogen) atoms. The number of ether oxygens (including phenoxy) is 2. The fourth-order valence-electron chi connectivity index (χ4n) is 4.17. The predicted molar refractivity (Wildman–Crippen MR) is 110 cm³/mol. The van der Waals surface area contributed by atoms with Crippen LogP contribution in [-0.4, -0.2) is 64.9 Å². The number of para-hydroxylation sites is 1. The number of amides is 2. The molecule has 160 valence electrons. The Kier molecular flexibility index (Phi) is 6.03. The number of carbonyl (C=O) groups excluding carboxylic acids is 2. The zero-order valence-electron chi connectivity index (χ0n) is 17.3. The van der Waals surface area contributed by atoms with Crippen LogP contribution in [0.15, 0.2) is 36.5 Å². The van der Waals surface area contributed by atoms with Crippen molar-refractivity contribution in [2.24, 2.45) is 7.05 Å². The number of morpholine rings is 1. The molecule has 1 aromatic carbocycles. The average molecular weight is 412 g/mol. The van der Waals surface area contributed by atoms with Crippen LogP contribution < -0.4 is 10.1 Å². The highest BCUT2D eigenvalue weighted by Crippen LogP contribution is 2.28. The molecule has 1 fully saturated rings. The first-order valence-electron chi connectivity index (χ1n) is 10.5. The molecule has 2 aliphatic heterocycles. The van der Waals surface area contributed by atoms with Crippen molar-refractivity contribution in [1.82, 2.24) is 20.0 Å². The van der Waals surface area contributed by atoms with Crippen LogP contribution >= 0.6 is 0 Å². The van der Waals surface area contributed by atoms with Gasteiger partial charge in [0.2, 0.25) is 0 Å². The van der Waals surface area contributed by atoms with Gasteiger partial charge in [0, 0.05) is 19.8 Å². The van der Waals surface area contributed by atoms with Gasteiger partial charge in [0.1, 0.15) is 18.1 Å². The van der Waals surface area contributed by atoms with Crippen LogP contribution in [0.2, 0.25) is 0 Å². The summed E-state index contributed by atoms with van der Waals surface area (Å²) >= 11 is 0. The number of nitrogens with one attached hydrogen (secondary N) is 1. The van der Waals surface area contributed by atoms with E-state index in [0.717, 1.165) is 25.0 Å². The van der Waals surface area contributed by atoms with Crippen molar-refractivity contribution < 1.29 is 19.1 Å². The third-order valence-corrected chi connectivity index (χ3v) is 5.82. The van der Waals surface area contributed by atoms with Gasteiger partial charge in [0.05, 0.1) is 19.7 Å². The van der Waals surface area contributed by atoms with E-state index in [2.05, 4.69) is 16.5 Å². The van der Waals surface area contributed by atoms with E-state index < -0.39 is 5.60 Å². The van der Waals surface area contributed by atoms with Crippen molar-refractivity contribution in [3.63, 3.8) is 0 Å². The molecular weight excluding hydrogens is 384 g/mol. The Bertz CT molecular complexity index is 912. The van der Waals surface area contributed by atoms with Crippen LogP contribution in [0.3, 0.4) is 0 Å². The lowest BCUT2D eigenvalue weighted by atomic mass is 9.91. The lowest BCUT2D eigenvalue weighted by molar-refractivity contribution is -0.159. The summed E-state index contributed by atoms with van der Waals surface area (Å²) in [6.07, 6.45) is 4.77. The Labute approximate surface area is 176 Å². The average Bonchev–Trinajstić information content (AvgIpc) is 3.19. The molecule has 0 bridgehead atoms. The van der Waals surface area contributed by atoms with Crippen molar-refractivity contribution in [2.45, 2.75) is 31.3 Å². The van der Waals surface area contributed by atoms with Gasteiger partial charge in [-0.2, -0.15) is 5.10 Å². The number of fused-ring (bicyclic) bond motifs is 1. The maximum atomic E-state index is 13.1. The van der Waals surface area contributed by atoms with Gasteiger partial charge >= 0.3 is 0 Å². The second-order valence-corrected chi connectivity index (χ2v) is 7.83. The minimum absolute atomic E-state index is 0.131. The van der Waals surface area contributed by atoms with Crippen molar-refractivity contribution in [3.8, 4) is 5.75 Å². The number of rotatable bonds is 1. The van der Waals surface area contributed by atoms with E-state index in [4.69, 9.17) is 9.47 Å². The first kappa shape index (κ1) is 20.4. The summed E-state index contributed by atoms with van der Waals surface area (Å²) in [6.45, 7) is 1.79. The number of aryl methyl sites for hydroxylation is 2. The van der Waals surface area contributed by atoms with Crippen LogP contribution in [0.5, 0.6) is 5.75 Å². The van der Waals surface area contributed by atoms with E-state index in [1.165, 1.54) is 5.56 Å². The highest BCUT2D eigenvalue weighted by atomic mass is 16.5. The van der Waals surface area contributed by atoms with E-state index in [0.29, 0.717) is 38.4 Å². The van der Waals surface area contributed by atoms with Crippen molar-refractivity contribution in [1.29, 1.82) is 0 Å². The first-order chi connectivity index (χ1) is 14.6. The minimum Gasteiger partial charge on any atom is -0.491 e. The van der Waals surface area contributed by atoms with E-state index in [-0.39, 0.29) is 18.4 Å². The molecule has 1 aromatic heterocycles. The van der Waals surface area contributed by atoms with Gasteiger partial charge in [0.15, 0.2) is 5.60 Å². The molecule has 2 aliphatic rings. The van der Waals surface area contributed by atoms with Crippen LogP contribution in [0, 0.1) is 0 Å². The monoisotopic (exact) mass is 412 g/mol. The fourth-order valence-corrected chi connectivity index (χ4v) is 4.17. The Balaban J connectivity index is 1.50. The molecule has 4 rings (SSSR count). The summed E-state index contributed by atoms with van der Waals surface area (Å²) in [6, 6.07) is 9.73. The van der Waals surface area contributed by atoms with Gasteiger partial charge in [-0.1, -0.05) is 18.2 Å². The summed E-state index contributed by atoms with van der Waals surface area (Å²) in [7, 11) is 1.74. The van der Waals surface area contributed by atoms with Crippen LogP contribution in [0.25, 0.3) is 0 Å². The normalized spacial score (nSPS) is 23.0.